The van der Waals surface area contributed by atoms with Gasteiger partial charge >= 0.3 is 0 Å². The second-order valence-corrected chi connectivity index (χ2v) is 6.25. The van der Waals surface area contributed by atoms with Gasteiger partial charge in [-0.1, -0.05) is 0 Å². The monoisotopic (exact) mass is 328 g/mol. The van der Waals surface area contributed by atoms with Crippen LogP contribution in [0.25, 0.3) is 0 Å². The first-order chi connectivity index (χ1) is 11.7. The minimum atomic E-state index is 0.0390. The highest BCUT2D eigenvalue weighted by Crippen LogP contribution is 2.10. The summed E-state index contributed by atoms with van der Waals surface area (Å²) >= 11 is 0. The average Bonchev–Trinajstić information content (AvgIpc) is 2.83. The van der Waals surface area contributed by atoms with Gasteiger partial charge in [0.2, 0.25) is 5.91 Å². The van der Waals surface area contributed by atoms with Crippen molar-refractivity contribution in [2.24, 2.45) is 0 Å². The van der Waals surface area contributed by atoms with E-state index in [0.717, 1.165) is 37.4 Å². The van der Waals surface area contributed by atoms with Crippen molar-refractivity contribution in [2.45, 2.75) is 51.7 Å². The van der Waals surface area contributed by atoms with Crippen LogP contribution in [-0.4, -0.2) is 38.2 Å². The van der Waals surface area contributed by atoms with E-state index in [9.17, 15) is 4.79 Å². The van der Waals surface area contributed by atoms with Crippen molar-refractivity contribution in [3.63, 3.8) is 0 Å². The molecule has 0 spiro atoms. The first-order valence-corrected chi connectivity index (χ1v) is 8.51. The van der Waals surface area contributed by atoms with Crippen molar-refractivity contribution in [2.75, 3.05) is 6.54 Å². The van der Waals surface area contributed by atoms with E-state index in [1.165, 1.54) is 5.69 Å². The predicted molar refractivity (Wildman–Crippen MR) is 90.2 cm³/mol. The van der Waals surface area contributed by atoms with Crippen molar-refractivity contribution in [1.82, 2.24) is 30.4 Å². The van der Waals surface area contributed by atoms with Crippen molar-refractivity contribution >= 4 is 5.91 Å². The van der Waals surface area contributed by atoms with Gasteiger partial charge in [-0.25, -0.2) is 0 Å². The Morgan fingerprint density at radius 2 is 2.33 bits per heavy atom. The van der Waals surface area contributed by atoms with Gasteiger partial charge in [0.25, 0.3) is 0 Å². The lowest BCUT2D eigenvalue weighted by molar-refractivity contribution is -0.121. The Hall–Kier alpha value is -2.28. The van der Waals surface area contributed by atoms with E-state index in [4.69, 9.17) is 0 Å². The zero-order valence-electron chi connectivity index (χ0n) is 14.0. The molecule has 0 radical (unpaired) electrons. The maximum Gasteiger partial charge on any atom is 0.220 e. The molecule has 2 N–H and O–H groups in total. The molecule has 0 saturated carbocycles. The summed E-state index contributed by atoms with van der Waals surface area (Å²) in [6, 6.07) is 2.14. The Morgan fingerprint density at radius 3 is 3.17 bits per heavy atom. The molecule has 3 heterocycles. The molecule has 0 aromatic carbocycles. The van der Waals surface area contributed by atoms with Gasteiger partial charge in [0.05, 0.1) is 17.1 Å². The molecule has 7 nitrogen and oxygen atoms in total. The Labute approximate surface area is 141 Å². The van der Waals surface area contributed by atoms with Crippen LogP contribution in [0.15, 0.2) is 24.7 Å². The second kappa shape index (κ2) is 8.01. The fourth-order valence-electron chi connectivity index (χ4n) is 2.93. The van der Waals surface area contributed by atoms with Gasteiger partial charge in [-0.2, -0.15) is 5.10 Å². The van der Waals surface area contributed by atoms with Crippen LogP contribution >= 0.6 is 0 Å². The van der Waals surface area contributed by atoms with E-state index in [0.29, 0.717) is 19.3 Å². The lowest BCUT2D eigenvalue weighted by Gasteiger charge is -2.12. The number of rotatable bonds is 6. The number of carbonyl (C=O) groups is 1. The molecular weight excluding hydrogens is 304 g/mol. The summed E-state index contributed by atoms with van der Waals surface area (Å²) in [6.07, 6.45) is 7.95. The molecule has 1 atom stereocenters. The summed E-state index contributed by atoms with van der Waals surface area (Å²) < 4.78 is 2.06. The standard InChI is InChI=1S/C17H24N6O/c1-13(9-15-11-19-6-7-20-15)21-17(24)4-3-14-10-16-12-18-5-2-8-23(16)22-14/h6-7,10-11,13,18H,2-5,8-9,12H2,1H3,(H,21,24). The molecule has 128 valence electrons. The maximum absolute atomic E-state index is 12.1. The van der Waals surface area contributed by atoms with Crippen LogP contribution in [0.3, 0.4) is 0 Å². The Balaban J connectivity index is 1.45. The molecule has 3 rings (SSSR count). The molecule has 1 unspecified atom stereocenters. The molecule has 24 heavy (non-hydrogen) atoms. The van der Waals surface area contributed by atoms with E-state index < -0.39 is 0 Å². The third-order valence-electron chi connectivity index (χ3n) is 4.09. The molecule has 2 aromatic heterocycles. The lowest BCUT2D eigenvalue weighted by Crippen LogP contribution is -2.34. The average molecular weight is 328 g/mol. The summed E-state index contributed by atoms with van der Waals surface area (Å²) in [5.41, 5.74) is 3.08. The Kier molecular flexibility index (Phi) is 5.53. The minimum Gasteiger partial charge on any atom is -0.353 e. The molecule has 1 amide bonds. The summed E-state index contributed by atoms with van der Waals surface area (Å²) in [7, 11) is 0. The smallest absolute Gasteiger partial charge is 0.220 e. The third kappa shape index (κ3) is 4.61. The number of hydrogen-bond acceptors (Lipinski definition) is 5. The van der Waals surface area contributed by atoms with Crippen LogP contribution in [0.4, 0.5) is 0 Å². The Bertz CT molecular complexity index is 645. The normalized spacial score (nSPS) is 15.4. The van der Waals surface area contributed by atoms with Crippen molar-refractivity contribution < 1.29 is 4.79 Å². The first-order valence-electron chi connectivity index (χ1n) is 8.51. The van der Waals surface area contributed by atoms with E-state index in [1.54, 1.807) is 18.6 Å². The first kappa shape index (κ1) is 16.6. The summed E-state index contributed by atoms with van der Waals surface area (Å²) in [4.78, 5) is 20.4. The predicted octanol–water partition coefficient (Wildman–Crippen LogP) is 0.846. The van der Waals surface area contributed by atoms with Crippen LogP contribution in [0.1, 0.15) is 36.8 Å². The zero-order chi connectivity index (χ0) is 16.8. The Morgan fingerprint density at radius 1 is 1.42 bits per heavy atom. The molecule has 0 saturated heterocycles. The largest absolute Gasteiger partial charge is 0.353 e. The zero-order valence-corrected chi connectivity index (χ0v) is 14.0. The molecule has 2 aromatic rings. The second-order valence-electron chi connectivity index (χ2n) is 6.25. The summed E-state index contributed by atoms with van der Waals surface area (Å²) in [5, 5.41) is 11.0. The van der Waals surface area contributed by atoms with E-state index in [2.05, 4.69) is 36.4 Å². The van der Waals surface area contributed by atoms with E-state index in [1.807, 2.05) is 6.92 Å². The molecule has 7 heteroatoms. The summed E-state index contributed by atoms with van der Waals surface area (Å²) in [6.45, 7) is 4.82. The van der Waals surface area contributed by atoms with Crippen LogP contribution < -0.4 is 10.6 Å². The number of amides is 1. The van der Waals surface area contributed by atoms with Crippen molar-refractivity contribution in [3.8, 4) is 0 Å². The van der Waals surface area contributed by atoms with Gasteiger partial charge in [0.1, 0.15) is 0 Å². The highest BCUT2D eigenvalue weighted by molar-refractivity contribution is 5.76. The summed E-state index contributed by atoms with van der Waals surface area (Å²) in [5.74, 6) is 0.0488. The van der Waals surface area contributed by atoms with Gasteiger partial charge in [0, 0.05) is 57.0 Å². The number of nitrogens with one attached hydrogen (secondary N) is 2. The van der Waals surface area contributed by atoms with Gasteiger partial charge in [-0.15, -0.1) is 0 Å². The van der Waals surface area contributed by atoms with Crippen LogP contribution in [-0.2, 0) is 30.7 Å². The maximum atomic E-state index is 12.1. The number of aromatic nitrogens is 4. The van der Waals surface area contributed by atoms with Crippen LogP contribution in [0, 0.1) is 0 Å². The highest BCUT2D eigenvalue weighted by Gasteiger charge is 2.13. The van der Waals surface area contributed by atoms with Crippen LogP contribution in [0.5, 0.6) is 0 Å². The highest BCUT2D eigenvalue weighted by atomic mass is 16.1. The van der Waals surface area contributed by atoms with Gasteiger partial charge in [0.15, 0.2) is 0 Å². The third-order valence-corrected chi connectivity index (χ3v) is 4.09. The molecule has 0 aliphatic carbocycles. The van der Waals surface area contributed by atoms with Gasteiger partial charge < -0.3 is 10.6 Å². The molecule has 0 fully saturated rings. The van der Waals surface area contributed by atoms with E-state index >= 15 is 0 Å². The number of aryl methyl sites for hydroxylation is 2. The topological polar surface area (TPSA) is 84.7 Å². The lowest BCUT2D eigenvalue weighted by atomic mass is 10.1. The molecular formula is C17H24N6O. The van der Waals surface area contributed by atoms with Crippen LogP contribution in [0.2, 0.25) is 0 Å². The quantitative estimate of drug-likeness (QED) is 0.821. The molecule has 0 bridgehead atoms. The fraction of sp³-hybridized carbons (Fsp3) is 0.529. The number of fused-ring (bicyclic) bond motifs is 1. The number of nitrogens with zero attached hydrogens (tertiary/aromatic N) is 4. The number of hydrogen-bond donors (Lipinski definition) is 2. The molecule has 1 aliphatic heterocycles. The molecule has 1 aliphatic rings. The van der Waals surface area contributed by atoms with Gasteiger partial charge in [-0.05, 0) is 26.0 Å². The van der Waals surface area contributed by atoms with Crippen molar-refractivity contribution in [3.05, 3.63) is 41.7 Å². The number of carbonyl (C=O) groups excluding carboxylic acids is 1. The SMILES string of the molecule is CC(Cc1cnccn1)NC(=O)CCc1cc2n(n1)CCCNC2. The fourth-order valence-corrected chi connectivity index (χ4v) is 2.93. The van der Waals surface area contributed by atoms with Gasteiger partial charge in [-0.3, -0.25) is 19.4 Å². The van der Waals surface area contributed by atoms with E-state index in [-0.39, 0.29) is 11.9 Å². The van der Waals surface area contributed by atoms with Crippen molar-refractivity contribution in [1.29, 1.82) is 0 Å². The minimum absolute atomic E-state index is 0.0390.